The summed E-state index contributed by atoms with van der Waals surface area (Å²) in [6.07, 6.45) is 0.508. The van der Waals surface area contributed by atoms with Gasteiger partial charge in [-0.05, 0) is 12.0 Å². The van der Waals surface area contributed by atoms with Crippen LogP contribution in [0.5, 0.6) is 0 Å². The fourth-order valence-electron chi connectivity index (χ4n) is 2.14. The number of imidazole rings is 1. The monoisotopic (exact) mass is 397 g/mol. The van der Waals surface area contributed by atoms with Gasteiger partial charge in [0.15, 0.2) is 5.82 Å². The predicted molar refractivity (Wildman–Crippen MR) is 91.1 cm³/mol. The summed E-state index contributed by atoms with van der Waals surface area (Å²) in [5.41, 5.74) is 8.27. The molecule has 8 nitrogen and oxygen atoms in total. The fourth-order valence-corrected chi connectivity index (χ4v) is 2.14. The van der Waals surface area contributed by atoms with E-state index >= 15 is 0 Å². The number of H-pyrrole nitrogens is 1. The van der Waals surface area contributed by atoms with Crippen LogP contribution in [0.1, 0.15) is 29.0 Å². The zero-order chi connectivity index (χ0) is 20.6. The number of carbonyl (C=O) groups is 1. The van der Waals surface area contributed by atoms with Gasteiger partial charge in [-0.1, -0.05) is 35.5 Å². The zero-order valence-electron chi connectivity index (χ0n) is 14.6. The molecule has 0 saturated heterocycles. The lowest BCUT2D eigenvalue weighted by Crippen LogP contribution is -2.21. The minimum Gasteiger partial charge on any atom is -0.475 e. The lowest BCUT2D eigenvalue weighted by Gasteiger charge is -2.03. The summed E-state index contributed by atoms with van der Waals surface area (Å²) in [7, 11) is 0. The third-order valence-corrected chi connectivity index (χ3v) is 3.52. The van der Waals surface area contributed by atoms with E-state index in [-0.39, 0.29) is 6.04 Å². The molecule has 3 rings (SSSR count). The molecule has 1 aromatic carbocycles. The highest BCUT2D eigenvalue weighted by Gasteiger charge is 2.38. The highest BCUT2D eigenvalue weighted by atomic mass is 19.4. The Bertz CT molecular complexity index is 851. The van der Waals surface area contributed by atoms with Gasteiger partial charge in [0.1, 0.15) is 0 Å². The Morgan fingerprint density at radius 1 is 1.25 bits per heavy atom. The van der Waals surface area contributed by atoms with Gasteiger partial charge in [-0.2, -0.15) is 18.2 Å². The average Bonchev–Trinajstić information content (AvgIpc) is 3.32. The summed E-state index contributed by atoms with van der Waals surface area (Å²) in [5.74, 6) is -1.60. The summed E-state index contributed by atoms with van der Waals surface area (Å²) >= 11 is 0. The molecule has 0 saturated carbocycles. The molecule has 28 heavy (non-hydrogen) atoms. The summed E-state index contributed by atoms with van der Waals surface area (Å²) in [4.78, 5) is 20.2. The van der Waals surface area contributed by atoms with Crippen molar-refractivity contribution in [3.8, 4) is 0 Å². The van der Waals surface area contributed by atoms with Crippen LogP contribution in [0.3, 0.4) is 0 Å². The molecule has 0 bridgehead atoms. The molecule has 0 fully saturated rings. The van der Waals surface area contributed by atoms with Crippen LogP contribution < -0.4 is 5.73 Å². The first-order valence-corrected chi connectivity index (χ1v) is 8.15. The van der Waals surface area contributed by atoms with E-state index in [4.69, 9.17) is 20.2 Å². The Morgan fingerprint density at radius 2 is 1.93 bits per heavy atom. The number of carboxylic acid groups (broad SMARTS) is 1. The molecule has 4 N–H and O–H groups in total. The minimum atomic E-state index is -5.08. The molecule has 1 atom stereocenters. The normalized spacial score (nSPS) is 12.1. The Morgan fingerprint density at radius 3 is 2.50 bits per heavy atom. The van der Waals surface area contributed by atoms with Crippen molar-refractivity contribution in [3.63, 3.8) is 0 Å². The van der Waals surface area contributed by atoms with Crippen molar-refractivity contribution in [2.75, 3.05) is 0 Å². The van der Waals surface area contributed by atoms with E-state index in [1.54, 1.807) is 12.5 Å². The molecule has 0 radical (unpaired) electrons. The molecule has 11 heteroatoms. The maximum Gasteiger partial charge on any atom is 0.490 e. The smallest absolute Gasteiger partial charge is 0.475 e. The van der Waals surface area contributed by atoms with E-state index in [0.717, 1.165) is 18.5 Å². The highest BCUT2D eigenvalue weighted by molar-refractivity contribution is 5.73. The van der Waals surface area contributed by atoms with Crippen LogP contribution in [-0.4, -0.2) is 37.4 Å². The molecule has 0 amide bonds. The van der Waals surface area contributed by atoms with Gasteiger partial charge in [0.05, 0.1) is 12.4 Å². The Labute approximate surface area is 157 Å². The second-order valence-electron chi connectivity index (χ2n) is 5.72. The average molecular weight is 397 g/mol. The molecule has 0 aliphatic heterocycles. The third-order valence-electron chi connectivity index (χ3n) is 3.52. The van der Waals surface area contributed by atoms with Gasteiger partial charge >= 0.3 is 12.1 Å². The van der Waals surface area contributed by atoms with Crippen molar-refractivity contribution >= 4 is 5.97 Å². The summed E-state index contributed by atoms with van der Waals surface area (Å²) in [5, 5.41) is 11.1. The van der Waals surface area contributed by atoms with Gasteiger partial charge in [0.25, 0.3) is 0 Å². The van der Waals surface area contributed by atoms with Crippen LogP contribution in [0.2, 0.25) is 0 Å². The molecule has 2 aromatic heterocycles. The van der Waals surface area contributed by atoms with Crippen LogP contribution in [0.25, 0.3) is 0 Å². The number of rotatable bonds is 6. The minimum absolute atomic E-state index is 0.316. The summed E-state index contributed by atoms with van der Waals surface area (Å²) in [6, 6.07) is 9.91. The lowest BCUT2D eigenvalue weighted by atomic mass is 10.1. The van der Waals surface area contributed by atoms with Crippen molar-refractivity contribution in [2.24, 2.45) is 5.73 Å². The van der Waals surface area contributed by atoms with Gasteiger partial charge in [0, 0.05) is 24.7 Å². The second kappa shape index (κ2) is 9.65. The molecular formula is C17H18F3N5O3. The number of aryl methyl sites for hydroxylation is 2. The number of carboxylic acids is 1. The van der Waals surface area contributed by atoms with Crippen molar-refractivity contribution in [3.05, 3.63) is 65.8 Å². The topological polar surface area (TPSA) is 131 Å². The molecule has 0 aliphatic carbocycles. The van der Waals surface area contributed by atoms with Crippen LogP contribution in [0.4, 0.5) is 13.2 Å². The Hall–Kier alpha value is -3.21. The maximum absolute atomic E-state index is 10.6. The van der Waals surface area contributed by atoms with E-state index in [2.05, 4.69) is 32.2 Å². The highest BCUT2D eigenvalue weighted by Crippen LogP contribution is 2.14. The molecule has 0 spiro atoms. The van der Waals surface area contributed by atoms with E-state index in [1.165, 1.54) is 5.56 Å². The number of aromatic nitrogens is 4. The molecule has 2 heterocycles. The quantitative estimate of drug-likeness (QED) is 0.582. The number of hydrogen-bond acceptors (Lipinski definition) is 6. The van der Waals surface area contributed by atoms with Crippen LogP contribution in [-0.2, 0) is 24.1 Å². The standard InChI is InChI=1S/C15H17N5O.C2HF3O2/c16-13(8-12-9-17-10-18-12)15-19-14(20-21-15)7-6-11-4-2-1-3-5-11;3-2(4,5)1(6)7/h1-5,9-10,13H,6-8,16H2,(H,17,18);(H,6,7)/t13-;/m0./s1. The van der Waals surface area contributed by atoms with Crippen molar-refractivity contribution in [1.82, 2.24) is 20.1 Å². The summed E-state index contributed by atoms with van der Waals surface area (Å²) in [6.45, 7) is 0. The first-order chi connectivity index (χ1) is 13.3. The number of alkyl halides is 3. The number of halogens is 3. The summed E-state index contributed by atoms with van der Waals surface area (Å²) < 4.78 is 37.0. The van der Waals surface area contributed by atoms with E-state index in [9.17, 15) is 13.2 Å². The number of nitrogens with one attached hydrogen (secondary N) is 1. The largest absolute Gasteiger partial charge is 0.490 e. The number of benzene rings is 1. The molecule has 3 aromatic rings. The molecular weight excluding hydrogens is 379 g/mol. The number of aliphatic carboxylic acids is 1. The third kappa shape index (κ3) is 6.83. The fraction of sp³-hybridized carbons (Fsp3) is 0.294. The van der Waals surface area contributed by atoms with E-state index < -0.39 is 12.1 Å². The van der Waals surface area contributed by atoms with Gasteiger partial charge < -0.3 is 20.3 Å². The van der Waals surface area contributed by atoms with E-state index in [0.29, 0.717) is 18.1 Å². The predicted octanol–water partition coefficient (Wildman–Crippen LogP) is 2.45. The Kier molecular flexibility index (Phi) is 7.27. The molecule has 150 valence electrons. The van der Waals surface area contributed by atoms with Crippen molar-refractivity contribution in [2.45, 2.75) is 31.5 Å². The van der Waals surface area contributed by atoms with Crippen LogP contribution in [0.15, 0.2) is 47.4 Å². The van der Waals surface area contributed by atoms with Gasteiger partial charge in [-0.25, -0.2) is 9.78 Å². The first kappa shape index (κ1) is 21.1. The van der Waals surface area contributed by atoms with Gasteiger partial charge in [-0.15, -0.1) is 0 Å². The van der Waals surface area contributed by atoms with E-state index in [1.807, 2.05) is 18.2 Å². The molecule has 0 unspecified atom stereocenters. The zero-order valence-corrected chi connectivity index (χ0v) is 14.6. The van der Waals surface area contributed by atoms with Gasteiger partial charge in [0.2, 0.25) is 5.89 Å². The number of hydrogen-bond donors (Lipinski definition) is 3. The van der Waals surface area contributed by atoms with Crippen LogP contribution >= 0.6 is 0 Å². The lowest BCUT2D eigenvalue weighted by molar-refractivity contribution is -0.192. The maximum atomic E-state index is 10.6. The van der Waals surface area contributed by atoms with Gasteiger partial charge in [-0.3, -0.25) is 0 Å². The van der Waals surface area contributed by atoms with Crippen molar-refractivity contribution in [1.29, 1.82) is 0 Å². The number of aromatic amines is 1. The number of nitrogens with zero attached hydrogens (tertiary/aromatic N) is 3. The number of nitrogens with two attached hydrogens (primary N) is 1. The molecule has 0 aliphatic rings. The second-order valence-corrected chi connectivity index (χ2v) is 5.72. The Balaban J connectivity index is 0.000000345. The van der Waals surface area contributed by atoms with Crippen molar-refractivity contribution < 1.29 is 27.6 Å². The van der Waals surface area contributed by atoms with Crippen LogP contribution in [0, 0.1) is 0 Å². The SMILES string of the molecule is N[C@@H](Cc1cnc[nH]1)c1nc(CCc2ccccc2)no1.O=C(O)C(F)(F)F. The first-order valence-electron chi connectivity index (χ1n) is 8.15.